The van der Waals surface area contributed by atoms with Gasteiger partial charge in [0.15, 0.2) is 0 Å². The van der Waals surface area contributed by atoms with E-state index in [1.807, 2.05) is 0 Å². The third-order valence-corrected chi connectivity index (χ3v) is 4.89. The number of carbonyl (C=O) groups is 1. The van der Waals surface area contributed by atoms with Crippen LogP contribution in [0.2, 0.25) is 0 Å². The zero-order chi connectivity index (χ0) is 17.2. The fraction of sp³-hybridized carbons (Fsp3) is 0.769. The Morgan fingerprint density at radius 3 is 2.52 bits per heavy atom. The summed E-state index contributed by atoms with van der Waals surface area (Å²) in [6.07, 6.45) is -6.94. The molecule has 0 spiro atoms. The second-order valence-electron chi connectivity index (χ2n) is 5.39. The third kappa shape index (κ3) is 4.38. The normalized spacial score (nSPS) is 40.3. The van der Waals surface area contributed by atoms with Crippen LogP contribution in [-0.2, 0) is 9.53 Å². The van der Waals surface area contributed by atoms with Gasteiger partial charge in [0.25, 0.3) is 0 Å². The second kappa shape index (κ2) is 7.39. The van der Waals surface area contributed by atoms with Gasteiger partial charge in [0.05, 0.1) is 6.04 Å². The first-order valence-electron chi connectivity index (χ1n) is 7.05. The quantitative estimate of drug-likeness (QED) is 0.490. The summed E-state index contributed by atoms with van der Waals surface area (Å²) in [6, 6.07) is -1.18. The van der Waals surface area contributed by atoms with Crippen LogP contribution >= 0.6 is 11.8 Å². The predicted octanol–water partition coefficient (Wildman–Crippen LogP) is -0.0757. The number of ether oxygens (including phenoxy) is 1. The molecule has 2 aliphatic heterocycles. The number of hydrogen-bond acceptors (Lipinski definition) is 6. The predicted molar refractivity (Wildman–Crippen MR) is 75.5 cm³/mol. The summed E-state index contributed by atoms with van der Waals surface area (Å²) in [5, 5.41) is 31.6. The molecule has 10 heteroatoms. The van der Waals surface area contributed by atoms with Gasteiger partial charge in [-0.25, -0.2) is 0 Å². The van der Waals surface area contributed by atoms with Gasteiger partial charge < -0.3 is 25.4 Å². The molecular formula is C13H18F3NO5S. The third-order valence-electron chi connectivity index (χ3n) is 3.70. The second-order valence-corrected chi connectivity index (χ2v) is 6.59. The summed E-state index contributed by atoms with van der Waals surface area (Å²) in [6.45, 7) is 0. The lowest BCUT2D eigenvalue weighted by atomic mass is 9.92. The van der Waals surface area contributed by atoms with Gasteiger partial charge in [-0.2, -0.15) is 13.2 Å². The molecule has 4 N–H and O–H groups in total. The summed E-state index contributed by atoms with van der Waals surface area (Å²) in [5.41, 5.74) is -0.893. The van der Waals surface area contributed by atoms with Crippen molar-refractivity contribution in [2.45, 2.75) is 54.9 Å². The Morgan fingerprint density at radius 2 is 1.87 bits per heavy atom. The number of carbonyl (C=O) groups excluding carboxylic acids is 1. The molecule has 0 aliphatic carbocycles. The number of rotatable bonds is 1. The lowest BCUT2D eigenvalue weighted by Gasteiger charge is -2.43. The number of fused-ring (bicyclic) bond motifs is 2. The van der Waals surface area contributed by atoms with Gasteiger partial charge in [-0.1, -0.05) is 12.2 Å². The minimum Gasteiger partial charge on any atom is -0.388 e. The fourth-order valence-corrected chi connectivity index (χ4v) is 3.55. The van der Waals surface area contributed by atoms with E-state index in [0.29, 0.717) is 12.2 Å². The molecule has 1 amide bonds. The Hall–Kier alpha value is -0.810. The van der Waals surface area contributed by atoms with E-state index in [9.17, 15) is 33.3 Å². The largest absolute Gasteiger partial charge is 0.471 e. The van der Waals surface area contributed by atoms with Gasteiger partial charge in [-0.3, -0.25) is 4.79 Å². The number of thioether (sulfide) groups is 1. The molecular weight excluding hydrogens is 339 g/mol. The van der Waals surface area contributed by atoms with Crippen LogP contribution in [0.15, 0.2) is 12.2 Å². The van der Waals surface area contributed by atoms with E-state index in [4.69, 9.17) is 4.74 Å². The van der Waals surface area contributed by atoms with Crippen LogP contribution in [0.3, 0.4) is 0 Å². The Labute approximate surface area is 134 Å². The highest BCUT2D eigenvalue weighted by Gasteiger charge is 2.48. The molecule has 6 unspecified atom stereocenters. The SMILES string of the molecule is O=C(NC1C/C=C\CCSC2OC1C(O)C(O)C2O)C(F)(F)F. The van der Waals surface area contributed by atoms with Crippen molar-refractivity contribution in [3.05, 3.63) is 12.2 Å². The van der Waals surface area contributed by atoms with Gasteiger partial charge in [-0.05, 0) is 18.6 Å². The first-order chi connectivity index (χ1) is 10.7. The number of halogens is 3. The summed E-state index contributed by atoms with van der Waals surface area (Å²) in [4.78, 5) is 11.2. The summed E-state index contributed by atoms with van der Waals surface area (Å²) in [7, 11) is 0. The minimum atomic E-state index is -5.06. The highest BCUT2D eigenvalue weighted by atomic mass is 32.2. The van der Waals surface area contributed by atoms with E-state index in [-0.39, 0.29) is 6.42 Å². The van der Waals surface area contributed by atoms with Crippen molar-refractivity contribution in [2.75, 3.05) is 5.75 Å². The van der Waals surface area contributed by atoms with Crippen LogP contribution in [0.1, 0.15) is 12.8 Å². The Balaban J connectivity index is 2.23. The van der Waals surface area contributed by atoms with Crippen molar-refractivity contribution in [3.63, 3.8) is 0 Å². The maximum atomic E-state index is 12.5. The average Bonchev–Trinajstić information content (AvgIpc) is 2.48. The van der Waals surface area contributed by atoms with Crippen LogP contribution in [-0.4, -0.2) is 69.0 Å². The monoisotopic (exact) mass is 357 g/mol. The molecule has 2 aliphatic rings. The molecule has 0 aromatic rings. The van der Waals surface area contributed by atoms with Crippen molar-refractivity contribution in [3.8, 4) is 0 Å². The standard InChI is InChI=1S/C13H18F3NO5S/c14-13(15,16)12(21)17-6-4-2-1-3-5-23-11-9(20)7(18)8(19)10(6)22-11/h1-2,6-11,18-20H,3-5H2,(H,17,21)/b2-1-. The van der Waals surface area contributed by atoms with Crippen LogP contribution in [0, 0.1) is 0 Å². The Bertz CT molecular complexity index is 461. The van der Waals surface area contributed by atoms with E-state index in [2.05, 4.69) is 0 Å². The molecule has 2 bridgehead atoms. The Morgan fingerprint density at radius 1 is 1.17 bits per heavy atom. The van der Waals surface area contributed by atoms with Crippen molar-refractivity contribution in [1.29, 1.82) is 0 Å². The molecule has 2 heterocycles. The topological polar surface area (TPSA) is 99.0 Å². The number of alkyl halides is 3. The van der Waals surface area contributed by atoms with Crippen LogP contribution in [0.4, 0.5) is 13.2 Å². The van der Waals surface area contributed by atoms with Crippen molar-refractivity contribution in [1.82, 2.24) is 5.32 Å². The zero-order valence-electron chi connectivity index (χ0n) is 11.9. The van der Waals surface area contributed by atoms with E-state index >= 15 is 0 Å². The smallest absolute Gasteiger partial charge is 0.388 e. The molecule has 2 rings (SSSR count). The van der Waals surface area contributed by atoms with Crippen molar-refractivity contribution in [2.24, 2.45) is 0 Å². The van der Waals surface area contributed by atoms with Crippen molar-refractivity contribution >= 4 is 17.7 Å². The van der Waals surface area contributed by atoms with Gasteiger partial charge in [0.1, 0.15) is 29.9 Å². The summed E-state index contributed by atoms with van der Waals surface area (Å²) < 4.78 is 42.9. The van der Waals surface area contributed by atoms with E-state index in [1.54, 1.807) is 17.5 Å². The van der Waals surface area contributed by atoms with Gasteiger partial charge in [-0.15, -0.1) is 11.8 Å². The van der Waals surface area contributed by atoms with Crippen LogP contribution in [0.5, 0.6) is 0 Å². The zero-order valence-corrected chi connectivity index (χ0v) is 12.8. The first kappa shape index (κ1) is 18.5. The number of nitrogens with one attached hydrogen (secondary N) is 1. The molecule has 6 atom stereocenters. The molecule has 0 aromatic carbocycles. The molecule has 0 radical (unpaired) electrons. The van der Waals surface area contributed by atoms with Gasteiger partial charge in [0.2, 0.25) is 0 Å². The van der Waals surface area contributed by atoms with E-state index in [0.717, 1.165) is 0 Å². The number of aliphatic hydroxyl groups excluding tert-OH is 3. The molecule has 0 aromatic heterocycles. The maximum absolute atomic E-state index is 12.5. The highest BCUT2D eigenvalue weighted by Crippen LogP contribution is 2.32. The highest BCUT2D eigenvalue weighted by molar-refractivity contribution is 7.99. The summed E-state index contributed by atoms with van der Waals surface area (Å²) in [5.74, 6) is -1.57. The first-order valence-corrected chi connectivity index (χ1v) is 8.10. The molecule has 0 saturated carbocycles. The molecule has 1 saturated heterocycles. The van der Waals surface area contributed by atoms with Crippen LogP contribution in [0.25, 0.3) is 0 Å². The lowest BCUT2D eigenvalue weighted by molar-refractivity contribution is -0.208. The van der Waals surface area contributed by atoms with Crippen molar-refractivity contribution < 1.29 is 38.0 Å². The molecule has 1 fully saturated rings. The molecule has 23 heavy (non-hydrogen) atoms. The number of allylic oxidation sites excluding steroid dienone is 1. The van der Waals surface area contributed by atoms with E-state index < -0.39 is 48.0 Å². The average molecular weight is 357 g/mol. The minimum absolute atomic E-state index is 0.00372. The van der Waals surface area contributed by atoms with Crippen LogP contribution < -0.4 is 5.32 Å². The van der Waals surface area contributed by atoms with Gasteiger partial charge in [0, 0.05) is 0 Å². The lowest BCUT2D eigenvalue weighted by Crippen LogP contribution is -2.63. The Kier molecular flexibility index (Phi) is 5.95. The number of hydrogen-bond donors (Lipinski definition) is 4. The van der Waals surface area contributed by atoms with Gasteiger partial charge >= 0.3 is 12.1 Å². The molecule has 6 nitrogen and oxygen atoms in total. The van der Waals surface area contributed by atoms with E-state index in [1.165, 1.54) is 11.8 Å². The number of aliphatic hydroxyl groups is 3. The molecule has 132 valence electrons. The summed E-state index contributed by atoms with van der Waals surface area (Å²) >= 11 is 1.19. The number of amides is 1. The maximum Gasteiger partial charge on any atom is 0.471 e. The fourth-order valence-electron chi connectivity index (χ4n) is 2.48.